The maximum absolute atomic E-state index is 12.0. The average Bonchev–Trinajstić information content (AvgIpc) is 3.62. The minimum absolute atomic E-state index is 0.0338. The lowest BCUT2D eigenvalue weighted by atomic mass is 9.53. The van der Waals surface area contributed by atoms with Crippen LogP contribution in [0, 0.1) is 34.5 Å². The SMILES string of the molecule is C[C@]12CC[C@@H]3c4ccc(O)cc4CC[C@H]3[C@@H]1CC[C@@]2(O)CCCOCCOCCOCCOCCC[C@]1(O)CC[C@H]2[C@@H]3CCc4cc(O)ccc4[C@H]3CC[C@@]21C. The van der Waals surface area contributed by atoms with Gasteiger partial charge in [0.2, 0.25) is 0 Å². The van der Waals surface area contributed by atoms with Crippen LogP contribution in [0.4, 0.5) is 0 Å². The zero-order chi connectivity index (χ0) is 39.0. The molecule has 10 atom stereocenters. The van der Waals surface area contributed by atoms with Gasteiger partial charge in [-0.15, -0.1) is 0 Å². The molecule has 0 aromatic heterocycles. The van der Waals surface area contributed by atoms with Gasteiger partial charge < -0.3 is 39.4 Å². The van der Waals surface area contributed by atoms with Crippen molar-refractivity contribution in [3.8, 4) is 11.5 Å². The fourth-order valence-electron chi connectivity index (χ4n) is 13.9. The number of hydrogen-bond acceptors (Lipinski definition) is 8. The standard InChI is InChI=1S/C48H70O8/c1-45-19-13-39-37-11-7-35(49)31-33(37)5-9-41(39)43(45)15-21-47(45,51)17-3-23-53-25-27-55-29-30-56-28-26-54-24-4-18-48(52)22-16-44-42-10-6-34-32-36(50)8-12-38(34)40(42)14-20-46(44,48)2/h7-8,11-12,31-32,39-44,49-52H,3-6,9-10,13-30H2,1-2H3/t39-,40-,41-,42-,43+,44+,45+,46+,47+,48+/m1/s1. The Hall–Kier alpha value is -2.20. The molecule has 0 spiro atoms. The second-order valence-corrected chi connectivity index (χ2v) is 19.3. The first-order valence-corrected chi connectivity index (χ1v) is 22.4. The first-order valence-electron chi connectivity index (χ1n) is 22.4. The number of aromatic hydroxyl groups is 2. The van der Waals surface area contributed by atoms with Crippen LogP contribution < -0.4 is 0 Å². The molecule has 0 bridgehead atoms. The zero-order valence-corrected chi connectivity index (χ0v) is 34.3. The van der Waals surface area contributed by atoms with E-state index in [2.05, 4.69) is 26.0 Å². The fraction of sp³-hybridized carbons (Fsp3) is 0.750. The molecule has 310 valence electrons. The Bertz CT molecular complexity index is 1530. The molecule has 0 radical (unpaired) electrons. The monoisotopic (exact) mass is 775 g/mol. The van der Waals surface area contributed by atoms with E-state index in [0.29, 0.717) is 99.9 Å². The molecule has 4 saturated carbocycles. The van der Waals surface area contributed by atoms with E-state index in [0.717, 1.165) is 89.9 Å². The summed E-state index contributed by atoms with van der Waals surface area (Å²) in [6.45, 7) is 9.23. The summed E-state index contributed by atoms with van der Waals surface area (Å²) in [5, 5.41) is 44.0. The minimum atomic E-state index is -0.617. The van der Waals surface area contributed by atoms with E-state index in [4.69, 9.17) is 18.9 Å². The summed E-state index contributed by atoms with van der Waals surface area (Å²) in [6.07, 6.45) is 16.1. The van der Waals surface area contributed by atoms with Crippen molar-refractivity contribution in [3.63, 3.8) is 0 Å². The van der Waals surface area contributed by atoms with Crippen molar-refractivity contribution in [2.24, 2.45) is 34.5 Å². The molecule has 0 aliphatic heterocycles. The molecule has 0 saturated heterocycles. The molecular weight excluding hydrogens is 705 g/mol. The van der Waals surface area contributed by atoms with E-state index in [-0.39, 0.29) is 10.8 Å². The lowest BCUT2D eigenvalue weighted by Crippen LogP contribution is -2.50. The Morgan fingerprint density at radius 3 is 1.32 bits per heavy atom. The van der Waals surface area contributed by atoms with Gasteiger partial charge >= 0.3 is 0 Å². The van der Waals surface area contributed by atoms with Crippen LogP contribution in [0.1, 0.15) is 138 Å². The lowest BCUT2D eigenvalue weighted by Gasteiger charge is -2.53. The number of phenols is 2. The van der Waals surface area contributed by atoms with E-state index in [1.54, 1.807) is 0 Å². The molecule has 8 rings (SSSR count). The molecule has 6 aliphatic carbocycles. The van der Waals surface area contributed by atoms with Gasteiger partial charge in [-0.2, -0.15) is 0 Å². The fourth-order valence-corrected chi connectivity index (χ4v) is 13.9. The Morgan fingerprint density at radius 1 is 0.518 bits per heavy atom. The van der Waals surface area contributed by atoms with Crippen molar-refractivity contribution in [3.05, 3.63) is 58.7 Å². The predicted octanol–water partition coefficient (Wildman–Crippen LogP) is 8.60. The number of benzene rings is 2. The van der Waals surface area contributed by atoms with Crippen molar-refractivity contribution in [2.75, 3.05) is 52.9 Å². The highest BCUT2D eigenvalue weighted by Crippen LogP contribution is 2.66. The van der Waals surface area contributed by atoms with Gasteiger partial charge in [0.05, 0.1) is 50.8 Å². The van der Waals surface area contributed by atoms with Crippen LogP contribution in [0.5, 0.6) is 11.5 Å². The summed E-state index contributed by atoms with van der Waals surface area (Å²) >= 11 is 0. The van der Waals surface area contributed by atoms with Crippen molar-refractivity contribution in [1.29, 1.82) is 0 Å². The maximum Gasteiger partial charge on any atom is 0.115 e. The molecular formula is C48H70O8. The molecule has 56 heavy (non-hydrogen) atoms. The summed E-state index contributed by atoms with van der Waals surface area (Å²) in [7, 11) is 0. The molecule has 8 nitrogen and oxygen atoms in total. The van der Waals surface area contributed by atoms with Crippen LogP contribution in [-0.2, 0) is 31.8 Å². The Balaban J connectivity index is 0.645. The van der Waals surface area contributed by atoms with Crippen molar-refractivity contribution in [2.45, 2.75) is 140 Å². The number of ether oxygens (including phenoxy) is 4. The second-order valence-electron chi connectivity index (χ2n) is 19.3. The minimum Gasteiger partial charge on any atom is -0.508 e. The number of hydrogen-bond donors (Lipinski definition) is 4. The normalized spacial score (nSPS) is 36.9. The first-order chi connectivity index (χ1) is 27.1. The third-order valence-electron chi connectivity index (χ3n) is 16.9. The number of aliphatic hydroxyl groups is 2. The average molecular weight is 775 g/mol. The number of fused-ring (bicyclic) bond motifs is 10. The highest BCUT2D eigenvalue weighted by atomic mass is 16.6. The number of phenolic OH excluding ortho intramolecular Hbond substituents is 2. The largest absolute Gasteiger partial charge is 0.508 e. The van der Waals surface area contributed by atoms with Crippen LogP contribution in [0.3, 0.4) is 0 Å². The Morgan fingerprint density at radius 2 is 0.911 bits per heavy atom. The van der Waals surface area contributed by atoms with E-state index in [1.807, 2.05) is 24.3 Å². The van der Waals surface area contributed by atoms with E-state index >= 15 is 0 Å². The summed E-state index contributed by atoms with van der Waals surface area (Å²) in [5.74, 6) is 4.26. The van der Waals surface area contributed by atoms with Crippen LogP contribution in [0.2, 0.25) is 0 Å². The highest BCUT2D eigenvalue weighted by Gasteiger charge is 2.62. The third-order valence-corrected chi connectivity index (χ3v) is 16.9. The van der Waals surface area contributed by atoms with Gasteiger partial charge in [-0.3, -0.25) is 0 Å². The molecule has 4 fully saturated rings. The molecule has 4 N–H and O–H groups in total. The predicted molar refractivity (Wildman–Crippen MR) is 217 cm³/mol. The first kappa shape index (κ1) is 40.6. The van der Waals surface area contributed by atoms with Gasteiger partial charge in [0, 0.05) is 13.2 Å². The van der Waals surface area contributed by atoms with Crippen molar-refractivity contribution >= 4 is 0 Å². The second kappa shape index (κ2) is 16.8. The number of rotatable bonds is 17. The third kappa shape index (κ3) is 7.58. The van der Waals surface area contributed by atoms with E-state index in [1.165, 1.54) is 35.1 Å². The molecule has 0 unspecified atom stereocenters. The van der Waals surface area contributed by atoms with Gasteiger partial charge in [0.25, 0.3) is 0 Å². The molecule has 0 amide bonds. The Kier molecular flexibility index (Phi) is 12.2. The topological polar surface area (TPSA) is 118 Å². The summed E-state index contributed by atoms with van der Waals surface area (Å²) < 4.78 is 23.3. The van der Waals surface area contributed by atoms with Crippen molar-refractivity contribution in [1.82, 2.24) is 0 Å². The van der Waals surface area contributed by atoms with E-state index < -0.39 is 11.2 Å². The number of aryl methyl sites for hydroxylation is 2. The highest BCUT2D eigenvalue weighted by molar-refractivity contribution is 5.41. The van der Waals surface area contributed by atoms with Crippen LogP contribution in [0.25, 0.3) is 0 Å². The van der Waals surface area contributed by atoms with Gasteiger partial charge in [0.1, 0.15) is 11.5 Å². The molecule has 2 aromatic carbocycles. The summed E-state index contributed by atoms with van der Waals surface area (Å²) in [5.41, 5.74) is 4.23. The van der Waals surface area contributed by atoms with Crippen molar-refractivity contribution < 1.29 is 39.4 Å². The Labute approximate surface area is 335 Å². The van der Waals surface area contributed by atoms with Gasteiger partial charge in [-0.05, 0) is 196 Å². The maximum atomic E-state index is 12.0. The van der Waals surface area contributed by atoms with Crippen LogP contribution in [0.15, 0.2) is 36.4 Å². The van der Waals surface area contributed by atoms with E-state index in [9.17, 15) is 20.4 Å². The molecule has 6 aliphatic rings. The molecule has 2 aromatic rings. The quantitative estimate of drug-likeness (QED) is 0.118. The van der Waals surface area contributed by atoms with Gasteiger partial charge in [-0.1, -0.05) is 26.0 Å². The molecule has 8 heteroatoms. The van der Waals surface area contributed by atoms with Crippen LogP contribution >= 0.6 is 0 Å². The lowest BCUT2D eigenvalue weighted by molar-refractivity contribution is -0.111. The zero-order valence-electron chi connectivity index (χ0n) is 34.3. The van der Waals surface area contributed by atoms with Gasteiger partial charge in [-0.25, -0.2) is 0 Å². The smallest absolute Gasteiger partial charge is 0.115 e. The van der Waals surface area contributed by atoms with Gasteiger partial charge in [0.15, 0.2) is 0 Å². The van der Waals surface area contributed by atoms with Crippen LogP contribution in [-0.4, -0.2) is 84.5 Å². The summed E-state index contributed by atoms with van der Waals surface area (Å²) in [4.78, 5) is 0. The molecule has 0 heterocycles. The summed E-state index contributed by atoms with van der Waals surface area (Å²) in [6, 6.07) is 12.0.